The predicted molar refractivity (Wildman–Crippen MR) is 106 cm³/mol. The largest absolute Gasteiger partial charge is 0.506 e. The molecule has 6 nitrogen and oxygen atoms in total. The van der Waals surface area contributed by atoms with Crippen molar-refractivity contribution in [2.75, 3.05) is 0 Å². The number of carbonyl (C=O) groups excluding carboxylic acids is 1. The second kappa shape index (κ2) is 6.88. The molecule has 0 saturated carbocycles. The van der Waals surface area contributed by atoms with E-state index in [-0.39, 0.29) is 66.7 Å². The Hall–Kier alpha value is -1.86. The standard InChI is InChI=1S/C19H17Cl3O6/c1-5-19(4,26)9-11(21)13(23)7(3)15-17(9)27-16-8(18(25)28-15)6(2)10(20)14(24)12(16)22/h23-24,26H,5H2,1-4H3. The number of hydrogen-bond donors (Lipinski definition) is 3. The van der Waals surface area contributed by atoms with E-state index in [0.717, 1.165) is 0 Å². The Kier molecular flexibility index (Phi) is 5.13. The average molecular weight is 448 g/mol. The van der Waals surface area contributed by atoms with E-state index in [1.807, 2.05) is 0 Å². The van der Waals surface area contributed by atoms with Gasteiger partial charge in [0.2, 0.25) is 0 Å². The van der Waals surface area contributed by atoms with Gasteiger partial charge in [0.15, 0.2) is 23.0 Å². The zero-order chi connectivity index (χ0) is 21.1. The zero-order valence-electron chi connectivity index (χ0n) is 15.4. The quantitative estimate of drug-likeness (QED) is 0.408. The first kappa shape index (κ1) is 20.9. The minimum atomic E-state index is -1.53. The van der Waals surface area contributed by atoms with Crippen LogP contribution in [0.5, 0.6) is 28.7 Å². The normalized spacial score (nSPS) is 15.1. The van der Waals surface area contributed by atoms with Gasteiger partial charge < -0.3 is 24.8 Å². The summed E-state index contributed by atoms with van der Waals surface area (Å²) in [5, 5.41) is 30.9. The van der Waals surface area contributed by atoms with Crippen molar-refractivity contribution in [1.82, 2.24) is 0 Å². The van der Waals surface area contributed by atoms with E-state index in [1.165, 1.54) is 20.8 Å². The Morgan fingerprint density at radius 3 is 2.07 bits per heavy atom. The highest BCUT2D eigenvalue weighted by molar-refractivity contribution is 6.39. The molecule has 0 bridgehead atoms. The molecule has 0 aromatic heterocycles. The first-order valence-electron chi connectivity index (χ1n) is 8.32. The average Bonchev–Trinajstić information content (AvgIpc) is 2.79. The molecule has 150 valence electrons. The van der Waals surface area contributed by atoms with Crippen LogP contribution in [-0.2, 0) is 5.60 Å². The molecule has 1 aliphatic heterocycles. The summed E-state index contributed by atoms with van der Waals surface area (Å²) in [6.07, 6.45) is 0.213. The number of esters is 1. The van der Waals surface area contributed by atoms with Gasteiger partial charge in [0.05, 0.1) is 21.2 Å². The molecule has 28 heavy (non-hydrogen) atoms. The first-order chi connectivity index (χ1) is 12.9. The van der Waals surface area contributed by atoms with Crippen LogP contribution in [-0.4, -0.2) is 21.3 Å². The lowest BCUT2D eigenvalue weighted by Crippen LogP contribution is -2.21. The van der Waals surface area contributed by atoms with Crippen molar-refractivity contribution in [3.8, 4) is 28.7 Å². The number of phenolic OH excluding ortho intramolecular Hbond substituents is 2. The third-order valence-electron chi connectivity index (χ3n) is 4.93. The molecule has 9 heteroatoms. The van der Waals surface area contributed by atoms with Gasteiger partial charge in [-0.05, 0) is 32.8 Å². The number of hydrogen-bond acceptors (Lipinski definition) is 6. The van der Waals surface area contributed by atoms with Gasteiger partial charge in [0, 0.05) is 5.56 Å². The van der Waals surface area contributed by atoms with Crippen molar-refractivity contribution in [3.63, 3.8) is 0 Å². The van der Waals surface area contributed by atoms with Crippen molar-refractivity contribution >= 4 is 40.8 Å². The summed E-state index contributed by atoms with van der Waals surface area (Å²) in [7, 11) is 0. The fraction of sp³-hybridized carbons (Fsp3) is 0.316. The third-order valence-corrected chi connectivity index (χ3v) is 6.11. The van der Waals surface area contributed by atoms with Crippen LogP contribution in [0.25, 0.3) is 0 Å². The van der Waals surface area contributed by atoms with Gasteiger partial charge in [-0.2, -0.15) is 0 Å². The number of rotatable bonds is 2. The summed E-state index contributed by atoms with van der Waals surface area (Å²) in [5.74, 6) is -2.03. The molecule has 0 amide bonds. The molecule has 3 N–H and O–H groups in total. The van der Waals surface area contributed by atoms with Gasteiger partial charge in [-0.3, -0.25) is 0 Å². The third kappa shape index (κ3) is 2.87. The summed E-state index contributed by atoms with van der Waals surface area (Å²) in [5.41, 5.74) is -1.24. The molecule has 2 aromatic carbocycles. The van der Waals surface area contributed by atoms with Crippen LogP contribution in [0.15, 0.2) is 0 Å². The van der Waals surface area contributed by atoms with E-state index in [0.29, 0.717) is 0 Å². The molecular formula is C19H17Cl3O6. The highest BCUT2D eigenvalue weighted by atomic mass is 35.5. The monoisotopic (exact) mass is 446 g/mol. The van der Waals surface area contributed by atoms with Crippen LogP contribution in [0.4, 0.5) is 0 Å². The number of aromatic hydroxyl groups is 2. The molecule has 2 aromatic rings. The summed E-state index contributed by atoms with van der Waals surface area (Å²) in [4.78, 5) is 12.8. The van der Waals surface area contributed by atoms with Crippen LogP contribution in [0.3, 0.4) is 0 Å². The number of benzene rings is 2. The SMILES string of the molecule is CCC(C)(O)c1c(Cl)c(O)c(C)c2c1Oc1c(Cl)c(O)c(Cl)c(C)c1C(=O)O2. The van der Waals surface area contributed by atoms with Gasteiger partial charge in [-0.15, -0.1) is 0 Å². The molecule has 0 aliphatic carbocycles. The lowest BCUT2D eigenvalue weighted by molar-refractivity contribution is 0.0502. The highest BCUT2D eigenvalue weighted by Gasteiger charge is 2.39. The minimum Gasteiger partial charge on any atom is -0.506 e. The van der Waals surface area contributed by atoms with E-state index < -0.39 is 17.3 Å². The van der Waals surface area contributed by atoms with Crippen molar-refractivity contribution < 1.29 is 29.6 Å². The fourth-order valence-corrected chi connectivity index (χ4v) is 3.91. The topological polar surface area (TPSA) is 96.2 Å². The van der Waals surface area contributed by atoms with Gasteiger partial charge in [-0.25, -0.2) is 4.79 Å². The predicted octanol–water partition coefficient (Wildman–Crippen LogP) is 5.62. The summed E-state index contributed by atoms with van der Waals surface area (Å²) in [6, 6.07) is 0. The van der Waals surface area contributed by atoms with E-state index >= 15 is 0 Å². The molecule has 0 spiro atoms. The molecule has 1 heterocycles. The Bertz CT molecular complexity index is 1030. The Morgan fingerprint density at radius 1 is 0.893 bits per heavy atom. The van der Waals surface area contributed by atoms with Gasteiger partial charge in [0.1, 0.15) is 16.3 Å². The van der Waals surface area contributed by atoms with Crippen molar-refractivity contribution in [2.24, 2.45) is 0 Å². The van der Waals surface area contributed by atoms with Crippen LogP contribution >= 0.6 is 34.8 Å². The highest BCUT2D eigenvalue weighted by Crippen LogP contribution is 2.56. The van der Waals surface area contributed by atoms with E-state index in [2.05, 4.69) is 0 Å². The van der Waals surface area contributed by atoms with Gasteiger partial charge in [-0.1, -0.05) is 41.7 Å². The molecule has 0 radical (unpaired) electrons. The van der Waals surface area contributed by atoms with E-state index in [1.54, 1.807) is 6.92 Å². The van der Waals surface area contributed by atoms with Crippen LogP contribution < -0.4 is 9.47 Å². The second-order valence-corrected chi connectivity index (χ2v) is 7.88. The van der Waals surface area contributed by atoms with Crippen LogP contribution in [0.2, 0.25) is 15.1 Å². The number of ether oxygens (including phenoxy) is 2. The number of carbonyl (C=O) groups is 1. The number of phenols is 2. The molecule has 1 unspecified atom stereocenters. The smallest absolute Gasteiger partial charge is 0.347 e. The summed E-state index contributed by atoms with van der Waals surface area (Å²) < 4.78 is 11.4. The van der Waals surface area contributed by atoms with Gasteiger partial charge >= 0.3 is 5.97 Å². The number of fused-ring (bicyclic) bond motifs is 2. The molecule has 0 fully saturated rings. The van der Waals surface area contributed by atoms with Gasteiger partial charge in [0.25, 0.3) is 0 Å². The minimum absolute atomic E-state index is 0.0265. The summed E-state index contributed by atoms with van der Waals surface area (Å²) in [6.45, 7) is 6.17. The lowest BCUT2D eigenvalue weighted by atomic mass is 9.90. The van der Waals surface area contributed by atoms with Crippen LogP contribution in [0.1, 0.15) is 47.3 Å². The van der Waals surface area contributed by atoms with Crippen molar-refractivity contribution in [2.45, 2.75) is 39.7 Å². The maximum Gasteiger partial charge on any atom is 0.347 e. The molecular weight excluding hydrogens is 431 g/mol. The molecule has 1 atom stereocenters. The first-order valence-corrected chi connectivity index (χ1v) is 9.45. The Balaban J connectivity index is 2.45. The van der Waals surface area contributed by atoms with Crippen molar-refractivity contribution in [1.29, 1.82) is 0 Å². The van der Waals surface area contributed by atoms with Crippen molar-refractivity contribution in [3.05, 3.63) is 37.3 Å². The Morgan fingerprint density at radius 2 is 1.50 bits per heavy atom. The van der Waals surface area contributed by atoms with Crippen LogP contribution in [0, 0.1) is 13.8 Å². The fourth-order valence-electron chi connectivity index (χ4n) is 3.01. The molecule has 3 rings (SSSR count). The molecule has 0 saturated heterocycles. The number of aliphatic hydroxyl groups is 1. The second-order valence-electron chi connectivity index (χ2n) is 6.75. The lowest BCUT2D eigenvalue weighted by Gasteiger charge is -2.27. The van der Waals surface area contributed by atoms with E-state index in [9.17, 15) is 20.1 Å². The maximum atomic E-state index is 12.8. The van der Waals surface area contributed by atoms with E-state index in [4.69, 9.17) is 44.3 Å². The molecule has 1 aliphatic rings. The maximum absolute atomic E-state index is 12.8. The Labute approximate surface area is 176 Å². The number of halogens is 3. The zero-order valence-corrected chi connectivity index (χ0v) is 17.7. The summed E-state index contributed by atoms with van der Waals surface area (Å²) >= 11 is 18.6.